The first kappa shape index (κ1) is 17.6. The molecule has 6 heteroatoms. The number of likely N-dealkylation sites (tertiary alicyclic amines) is 1. The zero-order valence-corrected chi connectivity index (χ0v) is 14.2. The topological polar surface area (TPSA) is 54.0 Å². The molecular formula is C17H27N3O3. The van der Waals surface area contributed by atoms with Crippen LogP contribution in [-0.4, -0.2) is 69.4 Å². The Balaban J connectivity index is 2.02. The predicted octanol–water partition coefficient (Wildman–Crippen LogP) is 1.56. The molecule has 1 aromatic carbocycles. The van der Waals surface area contributed by atoms with E-state index >= 15 is 0 Å². The van der Waals surface area contributed by atoms with Crippen LogP contribution in [0, 0.1) is 0 Å². The number of amides is 2. The van der Waals surface area contributed by atoms with Gasteiger partial charge in [-0.05, 0) is 26.1 Å². The highest BCUT2D eigenvalue weighted by molar-refractivity contribution is 5.74. The summed E-state index contributed by atoms with van der Waals surface area (Å²) in [6.07, 6.45) is 0.995. The summed E-state index contributed by atoms with van der Waals surface area (Å²) in [5, 5.41) is 3.12. The van der Waals surface area contributed by atoms with E-state index in [1.54, 1.807) is 19.1 Å². The highest BCUT2D eigenvalue weighted by atomic mass is 16.5. The first-order valence-electron chi connectivity index (χ1n) is 7.99. The van der Waals surface area contributed by atoms with Crippen LogP contribution in [0.3, 0.4) is 0 Å². The lowest BCUT2D eigenvalue weighted by Crippen LogP contribution is -2.46. The van der Waals surface area contributed by atoms with Crippen LogP contribution in [0.15, 0.2) is 24.3 Å². The van der Waals surface area contributed by atoms with Crippen LogP contribution in [0.25, 0.3) is 0 Å². The molecule has 0 aliphatic carbocycles. The molecule has 0 unspecified atom stereocenters. The van der Waals surface area contributed by atoms with Crippen LogP contribution >= 0.6 is 0 Å². The Labute approximate surface area is 138 Å². The summed E-state index contributed by atoms with van der Waals surface area (Å²) in [4.78, 5) is 16.6. The fourth-order valence-corrected chi connectivity index (χ4v) is 2.81. The Kier molecular flexibility index (Phi) is 6.67. The van der Waals surface area contributed by atoms with Gasteiger partial charge in [0.2, 0.25) is 0 Å². The third kappa shape index (κ3) is 5.11. The average Bonchev–Trinajstić information content (AvgIpc) is 2.96. The standard InChI is InChI=1S/C17H27N3O3/c1-19-9-8-15(13-19)18-17(21)20(10-11-22-2)12-14-6-4-5-7-16(14)23-3/h4-7,15H,8-13H2,1-3H3,(H,18,21)/t15-/m1/s1. The summed E-state index contributed by atoms with van der Waals surface area (Å²) in [7, 11) is 5.36. The number of methoxy groups -OCH3 is 2. The maximum Gasteiger partial charge on any atom is 0.318 e. The van der Waals surface area contributed by atoms with Crippen LogP contribution in [0.5, 0.6) is 5.75 Å². The van der Waals surface area contributed by atoms with E-state index in [-0.39, 0.29) is 12.1 Å². The number of likely N-dealkylation sites (N-methyl/N-ethyl adjacent to an activating group) is 1. The molecule has 1 N–H and O–H groups in total. The van der Waals surface area contributed by atoms with Crippen LogP contribution < -0.4 is 10.1 Å². The van der Waals surface area contributed by atoms with Crippen molar-refractivity contribution in [2.75, 3.05) is 47.5 Å². The molecule has 1 atom stereocenters. The van der Waals surface area contributed by atoms with Gasteiger partial charge in [0.25, 0.3) is 0 Å². The normalized spacial score (nSPS) is 18.0. The second kappa shape index (κ2) is 8.74. The Bertz CT molecular complexity index is 510. The van der Waals surface area contributed by atoms with Gasteiger partial charge in [0, 0.05) is 31.8 Å². The lowest BCUT2D eigenvalue weighted by atomic mass is 10.2. The van der Waals surface area contributed by atoms with Crippen LogP contribution in [-0.2, 0) is 11.3 Å². The molecule has 2 rings (SSSR count). The molecule has 1 heterocycles. The van der Waals surface area contributed by atoms with Crippen molar-refractivity contribution in [1.82, 2.24) is 15.1 Å². The minimum atomic E-state index is -0.0479. The molecule has 128 valence electrons. The number of hydrogen-bond acceptors (Lipinski definition) is 4. The fourth-order valence-electron chi connectivity index (χ4n) is 2.81. The first-order valence-corrected chi connectivity index (χ1v) is 7.99. The molecule has 1 fully saturated rings. The van der Waals surface area contributed by atoms with Crippen molar-refractivity contribution >= 4 is 6.03 Å². The van der Waals surface area contributed by atoms with E-state index in [1.165, 1.54) is 0 Å². The first-order chi connectivity index (χ1) is 11.1. The molecule has 1 aromatic rings. The van der Waals surface area contributed by atoms with E-state index in [2.05, 4.69) is 17.3 Å². The maximum atomic E-state index is 12.6. The SMILES string of the molecule is COCCN(Cc1ccccc1OC)C(=O)N[C@@H]1CCN(C)C1. The smallest absolute Gasteiger partial charge is 0.318 e. The minimum Gasteiger partial charge on any atom is -0.496 e. The second-order valence-electron chi connectivity index (χ2n) is 5.92. The monoisotopic (exact) mass is 321 g/mol. The summed E-state index contributed by atoms with van der Waals surface area (Å²) in [5.74, 6) is 0.795. The van der Waals surface area contributed by atoms with Crippen molar-refractivity contribution in [3.63, 3.8) is 0 Å². The molecule has 0 aromatic heterocycles. The van der Waals surface area contributed by atoms with E-state index in [1.807, 2.05) is 24.3 Å². The lowest BCUT2D eigenvalue weighted by Gasteiger charge is -2.25. The number of hydrogen-bond donors (Lipinski definition) is 1. The molecule has 6 nitrogen and oxygen atoms in total. The Morgan fingerprint density at radius 1 is 1.39 bits per heavy atom. The zero-order chi connectivity index (χ0) is 16.7. The van der Waals surface area contributed by atoms with Crippen molar-refractivity contribution in [3.8, 4) is 5.75 Å². The number of nitrogens with one attached hydrogen (secondary N) is 1. The number of urea groups is 1. The molecule has 0 spiro atoms. The van der Waals surface area contributed by atoms with Gasteiger partial charge in [-0.25, -0.2) is 4.79 Å². The third-order valence-corrected chi connectivity index (χ3v) is 4.13. The molecule has 1 aliphatic rings. The highest BCUT2D eigenvalue weighted by Gasteiger charge is 2.24. The van der Waals surface area contributed by atoms with Crippen LogP contribution in [0.2, 0.25) is 0 Å². The van der Waals surface area contributed by atoms with Crippen molar-refractivity contribution < 1.29 is 14.3 Å². The molecule has 23 heavy (non-hydrogen) atoms. The van der Waals surface area contributed by atoms with Crippen LogP contribution in [0.4, 0.5) is 4.79 Å². The Morgan fingerprint density at radius 2 is 2.17 bits per heavy atom. The van der Waals surface area contributed by atoms with Gasteiger partial charge in [-0.15, -0.1) is 0 Å². The third-order valence-electron chi connectivity index (χ3n) is 4.13. The van der Waals surface area contributed by atoms with Crippen molar-refractivity contribution in [2.45, 2.75) is 19.0 Å². The van der Waals surface area contributed by atoms with Gasteiger partial charge in [0.15, 0.2) is 0 Å². The van der Waals surface area contributed by atoms with Gasteiger partial charge < -0.3 is 24.6 Å². The lowest BCUT2D eigenvalue weighted by molar-refractivity contribution is 0.144. The summed E-state index contributed by atoms with van der Waals surface area (Å²) in [6, 6.07) is 7.94. The molecule has 1 aliphatic heterocycles. The van der Waals surface area contributed by atoms with E-state index < -0.39 is 0 Å². The average molecular weight is 321 g/mol. The van der Waals surface area contributed by atoms with Crippen molar-refractivity contribution in [2.24, 2.45) is 0 Å². The molecule has 0 saturated carbocycles. The molecule has 0 radical (unpaired) electrons. The number of carbonyl (C=O) groups excluding carboxylic acids is 1. The van der Waals surface area contributed by atoms with Gasteiger partial charge in [0.05, 0.1) is 20.3 Å². The van der Waals surface area contributed by atoms with E-state index in [0.29, 0.717) is 19.7 Å². The quantitative estimate of drug-likeness (QED) is 0.828. The molecular weight excluding hydrogens is 294 g/mol. The molecule has 1 saturated heterocycles. The van der Waals surface area contributed by atoms with Gasteiger partial charge in [-0.1, -0.05) is 18.2 Å². The van der Waals surface area contributed by atoms with Gasteiger partial charge in [-0.3, -0.25) is 0 Å². The van der Waals surface area contributed by atoms with Crippen LogP contribution in [0.1, 0.15) is 12.0 Å². The zero-order valence-electron chi connectivity index (χ0n) is 14.2. The number of benzene rings is 1. The second-order valence-corrected chi connectivity index (χ2v) is 5.92. The fraction of sp³-hybridized carbons (Fsp3) is 0.588. The minimum absolute atomic E-state index is 0.0479. The summed E-state index contributed by atoms with van der Waals surface area (Å²) in [6.45, 7) is 3.48. The Morgan fingerprint density at radius 3 is 2.83 bits per heavy atom. The van der Waals surface area contributed by atoms with Gasteiger partial charge in [0.1, 0.15) is 5.75 Å². The van der Waals surface area contributed by atoms with E-state index in [9.17, 15) is 4.79 Å². The van der Waals surface area contributed by atoms with E-state index in [4.69, 9.17) is 9.47 Å². The van der Waals surface area contributed by atoms with E-state index in [0.717, 1.165) is 30.8 Å². The largest absolute Gasteiger partial charge is 0.496 e. The molecule has 0 bridgehead atoms. The van der Waals surface area contributed by atoms with Gasteiger partial charge in [-0.2, -0.15) is 0 Å². The highest BCUT2D eigenvalue weighted by Crippen LogP contribution is 2.19. The number of nitrogens with zero attached hydrogens (tertiary/aromatic N) is 2. The summed E-state index contributed by atoms with van der Waals surface area (Å²) in [5.41, 5.74) is 0.991. The summed E-state index contributed by atoms with van der Waals surface area (Å²) >= 11 is 0. The van der Waals surface area contributed by atoms with Crippen molar-refractivity contribution in [3.05, 3.63) is 29.8 Å². The number of rotatable bonds is 7. The molecule has 2 amide bonds. The maximum absolute atomic E-state index is 12.6. The number of carbonyl (C=O) groups is 1. The van der Waals surface area contributed by atoms with Gasteiger partial charge >= 0.3 is 6.03 Å². The number of para-hydroxylation sites is 1. The Hall–Kier alpha value is -1.79. The predicted molar refractivity (Wildman–Crippen MR) is 89.7 cm³/mol. The number of ether oxygens (including phenoxy) is 2. The van der Waals surface area contributed by atoms with Crippen molar-refractivity contribution in [1.29, 1.82) is 0 Å². The summed E-state index contributed by atoms with van der Waals surface area (Å²) < 4.78 is 10.5.